The molecule has 2 aromatic heterocycles. The van der Waals surface area contributed by atoms with Gasteiger partial charge in [-0.1, -0.05) is 11.6 Å². The molecule has 0 aromatic carbocycles. The second kappa shape index (κ2) is 6.68. The van der Waals surface area contributed by atoms with Crippen LogP contribution in [-0.2, 0) is 23.1 Å². The summed E-state index contributed by atoms with van der Waals surface area (Å²) in [7, 11) is -1.72. The minimum absolute atomic E-state index is 0.163. The molecule has 6 nitrogen and oxygen atoms in total. The van der Waals surface area contributed by atoms with E-state index in [0.717, 1.165) is 11.4 Å². The van der Waals surface area contributed by atoms with Gasteiger partial charge in [-0.2, -0.15) is 5.10 Å². The SMILES string of the molecule is CNCCn1cc(S(=O)(=O)NCc2ccc(Cl)s2)cn1. The van der Waals surface area contributed by atoms with Crippen LogP contribution in [0.4, 0.5) is 0 Å². The van der Waals surface area contributed by atoms with Crippen molar-refractivity contribution in [1.82, 2.24) is 19.8 Å². The van der Waals surface area contributed by atoms with Crippen molar-refractivity contribution in [2.75, 3.05) is 13.6 Å². The van der Waals surface area contributed by atoms with Gasteiger partial charge in [0, 0.05) is 24.2 Å². The number of hydrogen-bond donors (Lipinski definition) is 2. The van der Waals surface area contributed by atoms with Gasteiger partial charge in [0.2, 0.25) is 10.0 Å². The van der Waals surface area contributed by atoms with Crippen molar-refractivity contribution in [3.63, 3.8) is 0 Å². The Kier molecular flexibility index (Phi) is 5.17. The van der Waals surface area contributed by atoms with E-state index in [1.807, 2.05) is 7.05 Å². The summed E-state index contributed by atoms with van der Waals surface area (Å²) in [4.78, 5) is 1.03. The van der Waals surface area contributed by atoms with Gasteiger partial charge in [-0.05, 0) is 19.2 Å². The molecule has 2 rings (SSSR count). The lowest BCUT2D eigenvalue weighted by atomic mass is 10.5. The predicted octanol–water partition coefficient (Wildman–Crippen LogP) is 1.30. The lowest BCUT2D eigenvalue weighted by molar-refractivity contribution is 0.576. The summed E-state index contributed by atoms with van der Waals surface area (Å²) in [6, 6.07) is 3.54. The molecule has 0 saturated carbocycles. The van der Waals surface area contributed by atoms with Crippen LogP contribution in [0.3, 0.4) is 0 Å². The predicted molar refractivity (Wildman–Crippen MR) is 79.5 cm³/mol. The number of halogens is 1. The van der Waals surface area contributed by atoms with Gasteiger partial charge >= 0.3 is 0 Å². The Morgan fingerprint density at radius 1 is 1.45 bits per heavy atom. The number of likely N-dealkylation sites (N-methyl/N-ethyl adjacent to an activating group) is 1. The van der Waals surface area contributed by atoms with Crippen LogP contribution in [0.15, 0.2) is 29.4 Å². The van der Waals surface area contributed by atoms with Crippen LogP contribution in [-0.4, -0.2) is 31.8 Å². The molecule has 0 saturated heterocycles. The minimum atomic E-state index is -3.54. The van der Waals surface area contributed by atoms with Crippen LogP contribution < -0.4 is 10.0 Å². The van der Waals surface area contributed by atoms with Crippen molar-refractivity contribution in [3.05, 3.63) is 33.7 Å². The zero-order valence-corrected chi connectivity index (χ0v) is 13.2. The van der Waals surface area contributed by atoms with E-state index in [-0.39, 0.29) is 11.4 Å². The second-order valence-electron chi connectivity index (χ2n) is 4.07. The Balaban J connectivity index is 2.00. The third-order valence-electron chi connectivity index (χ3n) is 2.58. The molecule has 0 radical (unpaired) electrons. The maximum atomic E-state index is 12.1. The molecule has 0 unspecified atom stereocenters. The van der Waals surface area contributed by atoms with Gasteiger partial charge in [-0.3, -0.25) is 4.68 Å². The molecular formula is C11H15ClN4O2S2. The average Bonchev–Trinajstić information content (AvgIpc) is 3.03. The molecule has 9 heteroatoms. The zero-order chi connectivity index (χ0) is 14.6. The van der Waals surface area contributed by atoms with Crippen LogP contribution in [0.25, 0.3) is 0 Å². The molecule has 110 valence electrons. The van der Waals surface area contributed by atoms with E-state index in [4.69, 9.17) is 11.6 Å². The summed E-state index contributed by atoms with van der Waals surface area (Å²) < 4.78 is 28.9. The Hall–Kier alpha value is -0.930. The molecule has 0 aliphatic heterocycles. The summed E-state index contributed by atoms with van der Waals surface area (Å²) >= 11 is 7.15. The molecule has 0 bridgehead atoms. The highest BCUT2D eigenvalue weighted by Crippen LogP contribution is 2.21. The van der Waals surface area contributed by atoms with Gasteiger partial charge in [-0.15, -0.1) is 11.3 Å². The Bertz CT molecular complexity index is 666. The van der Waals surface area contributed by atoms with E-state index in [1.165, 1.54) is 23.7 Å². The second-order valence-corrected chi connectivity index (χ2v) is 7.64. The van der Waals surface area contributed by atoms with Crippen LogP contribution in [0.5, 0.6) is 0 Å². The van der Waals surface area contributed by atoms with E-state index in [1.54, 1.807) is 16.8 Å². The minimum Gasteiger partial charge on any atom is -0.318 e. The number of rotatable bonds is 7. The van der Waals surface area contributed by atoms with Crippen molar-refractivity contribution in [1.29, 1.82) is 0 Å². The van der Waals surface area contributed by atoms with Crippen molar-refractivity contribution in [2.24, 2.45) is 0 Å². The van der Waals surface area contributed by atoms with E-state index in [2.05, 4.69) is 15.1 Å². The van der Waals surface area contributed by atoms with E-state index in [9.17, 15) is 8.42 Å². The smallest absolute Gasteiger partial charge is 0.244 e. The van der Waals surface area contributed by atoms with Crippen LogP contribution in [0, 0.1) is 0 Å². The van der Waals surface area contributed by atoms with Crippen LogP contribution >= 0.6 is 22.9 Å². The largest absolute Gasteiger partial charge is 0.318 e. The molecule has 20 heavy (non-hydrogen) atoms. The lowest BCUT2D eigenvalue weighted by Crippen LogP contribution is -2.22. The molecule has 0 aliphatic rings. The standard InChI is InChI=1S/C11H15ClN4O2S2/c1-13-4-5-16-8-10(7-14-16)20(17,18)15-6-9-2-3-11(12)19-9/h2-3,7-8,13,15H,4-6H2,1H3. The number of aromatic nitrogens is 2. The quantitative estimate of drug-likeness (QED) is 0.800. The molecule has 0 spiro atoms. The summed E-state index contributed by atoms with van der Waals surface area (Å²) in [5.41, 5.74) is 0. The van der Waals surface area contributed by atoms with Gasteiger partial charge in [0.15, 0.2) is 0 Å². The summed E-state index contributed by atoms with van der Waals surface area (Å²) in [6.07, 6.45) is 2.86. The fourth-order valence-electron chi connectivity index (χ4n) is 1.53. The fraction of sp³-hybridized carbons (Fsp3) is 0.364. The molecule has 0 atom stereocenters. The van der Waals surface area contributed by atoms with Crippen molar-refractivity contribution < 1.29 is 8.42 Å². The first-order valence-electron chi connectivity index (χ1n) is 5.92. The maximum Gasteiger partial charge on any atom is 0.244 e. The molecule has 2 aromatic rings. The molecule has 0 fully saturated rings. The molecule has 0 amide bonds. The normalized spacial score (nSPS) is 11.9. The Morgan fingerprint density at radius 2 is 2.25 bits per heavy atom. The molecule has 0 aliphatic carbocycles. The molecule has 2 heterocycles. The highest BCUT2D eigenvalue weighted by molar-refractivity contribution is 7.89. The molecule has 2 N–H and O–H groups in total. The third kappa shape index (κ3) is 4.03. The lowest BCUT2D eigenvalue weighted by Gasteiger charge is -2.03. The first-order chi connectivity index (χ1) is 9.51. The summed E-state index contributed by atoms with van der Waals surface area (Å²) in [5, 5.41) is 6.99. The zero-order valence-electron chi connectivity index (χ0n) is 10.8. The number of thiophene rings is 1. The average molecular weight is 335 g/mol. The van der Waals surface area contributed by atoms with Crippen LogP contribution in [0.2, 0.25) is 4.34 Å². The van der Waals surface area contributed by atoms with Gasteiger partial charge in [0.1, 0.15) is 4.90 Å². The van der Waals surface area contributed by atoms with Gasteiger partial charge < -0.3 is 5.32 Å². The highest BCUT2D eigenvalue weighted by atomic mass is 35.5. The highest BCUT2D eigenvalue weighted by Gasteiger charge is 2.16. The first-order valence-corrected chi connectivity index (χ1v) is 8.60. The van der Waals surface area contributed by atoms with E-state index >= 15 is 0 Å². The maximum absolute atomic E-state index is 12.1. The Labute approximate surface area is 126 Å². The number of sulfonamides is 1. The summed E-state index contributed by atoms with van der Waals surface area (Å²) in [6.45, 7) is 1.57. The number of hydrogen-bond acceptors (Lipinski definition) is 5. The van der Waals surface area contributed by atoms with Crippen LogP contribution in [0.1, 0.15) is 4.88 Å². The number of nitrogens with one attached hydrogen (secondary N) is 2. The topological polar surface area (TPSA) is 76.0 Å². The first kappa shape index (κ1) is 15.5. The van der Waals surface area contributed by atoms with E-state index in [0.29, 0.717) is 10.9 Å². The van der Waals surface area contributed by atoms with Crippen molar-refractivity contribution in [2.45, 2.75) is 18.0 Å². The monoisotopic (exact) mass is 334 g/mol. The van der Waals surface area contributed by atoms with Gasteiger partial charge in [0.05, 0.1) is 17.1 Å². The Morgan fingerprint density at radius 3 is 2.90 bits per heavy atom. The number of nitrogens with zero attached hydrogens (tertiary/aromatic N) is 2. The van der Waals surface area contributed by atoms with Crippen molar-refractivity contribution in [3.8, 4) is 0 Å². The van der Waals surface area contributed by atoms with E-state index < -0.39 is 10.0 Å². The van der Waals surface area contributed by atoms with Gasteiger partial charge in [0.25, 0.3) is 0 Å². The third-order valence-corrected chi connectivity index (χ3v) is 5.16. The van der Waals surface area contributed by atoms with Crippen molar-refractivity contribution >= 4 is 33.0 Å². The van der Waals surface area contributed by atoms with Gasteiger partial charge in [-0.25, -0.2) is 13.1 Å². The molecular weight excluding hydrogens is 320 g/mol. The fourth-order valence-corrected chi connectivity index (χ4v) is 3.61. The summed E-state index contributed by atoms with van der Waals surface area (Å²) in [5.74, 6) is 0.